The number of nitrogens with one attached hydrogen (secondary N) is 1. The van der Waals surface area contributed by atoms with Gasteiger partial charge >= 0.3 is 0 Å². The molecule has 0 aliphatic carbocycles. The molecule has 2 heterocycles. The number of benzene rings is 1. The maximum atomic E-state index is 13.3. The van der Waals surface area contributed by atoms with Crippen LogP contribution in [0.5, 0.6) is 0 Å². The molecule has 0 bridgehead atoms. The predicted octanol–water partition coefficient (Wildman–Crippen LogP) is 3.84. The lowest BCUT2D eigenvalue weighted by Gasteiger charge is -2.34. The molecule has 1 aliphatic heterocycles. The molecule has 190 valence electrons. The standard InChI is InChI=1S/C23H29Cl2N5O4S/c1-15(2)29-11-9-16(10-12-29)22(31)27-20-7-6-18(35(33,34)28(3)4)13-19(20)23(32)30(25)21-8-5-17(24)14-26-21/h5-8,13-16H,9-12H2,1-4H3,(H,27,31). The number of carbonyl (C=O) groups is 2. The molecule has 35 heavy (non-hydrogen) atoms. The van der Waals surface area contributed by atoms with E-state index in [9.17, 15) is 18.0 Å². The molecule has 1 aromatic heterocycles. The lowest BCUT2D eigenvalue weighted by Crippen LogP contribution is -2.41. The molecular weight excluding hydrogens is 513 g/mol. The van der Waals surface area contributed by atoms with Gasteiger partial charge in [-0.15, -0.1) is 0 Å². The minimum absolute atomic E-state index is 0.0763. The Bertz CT molecular complexity index is 1180. The van der Waals surface area contributed by atoms with Crippen molar-refractivity contribution >= 4 is 56.7 Å². The highest BCUT2D eigenvalue weighted by atomic mass is 35.5. The van der Waals surface area contributed by atoms with E-state index in [1.54, 1.807) is 0 Å². The average molecular weight is 542 g/mol. The zero-order valence-corrected chi connectivity index (χ0v) is 22.4. The second kappa shape index (κ2) is 11.2. The second-order valence-corrected chi connectivity index (χ2v) is 11.7. The number of aromatic nitrogens is 1. The van der Waals surface area contributed by atoms with Gasteiger partial charge in [0.05, 0.1) is 21.2 Å². The van der Waals surface area contributed by atoms with Crippen molar-refractivity contribution < 1.29 is 18.0 Å². The van der Waals surface area contributed by atoms with Crippen molar-refractivity contribution in [1.29, 1.82) is 0 Å². The van der Waals surface area contributed by atoms with Crippen molar-refractivity contribution in [1.82, 2.24) is 14.2 Å². The van der Waals surface area contributed by atoms with Gasteiger partial charge in [-0.25, -0.2) is 17.7 Å². The van der Waals surface area contributed by atoms with Gasteiger partial charge in [0.15, 0.2) is 5.82 Å². The zero-order valence-electron chi connectivity index (χ0n) is 20.0. The average Bonchev–Trinajstić information content (AvgIpc) is 2.83. The number of rotatable bonds is 7. The van der Waals surface area contributed by atoms with Crippen LogP contribution >= 0.6 is 23.4 Å². The first-order valence-corrected chi connectivity index (χ1v) is 13.3. The van der Waals surface area contributed by atoms with Crippen molar-refractivity contribution in [3.8, 4) is 0 Å². The molecule has 0 saturated carbocycles. The third-order valence-electron chi connectivity index (χ3n) is 5.98. The summed E-state index contributed by atoms with van der Waals surface area (Å²) in [7, 11) is -1.06. The van der Waals surface area contributed by atoms with Crippen molar-refractivity contribution in [2.24, 2.45) is 5.92 Å². The smallest absolute Gasteiger partial charge is 0.276 e. The van der Waals surface area contributed by atoms with E-state index >= 15 is 0 Å². The fourth-order valence-electron chi connectivity index (χ4n) is 3.79. The van der Waals surface area contributed by atoms with Crippen molar-refractivity contribution in [2.45, 2.75) is 37.6 Å². The number of hydrogen-bond donors (Lipinski definition) is 1. The van der Waals surface area contributed by atoms with E-state index in [0.717, 1.165) is 21.8 Å². The lowest BCUT2D eigenvalue weighted by atomic mass is 9.95. The van der Waals surface area contributed by atoms with Gasteiger partial charge < -0.3 is 10.2 Å². The number of pyridine rings is 1. The van der Waals surface area contributed by atoms with E-state index in [2.05, 4.69) is 29.0 Å². The van der Waals surface area contributed by atoms with Gasteiger partial charge in [0, 0.05) is 44.0 Å². The predicted molar refractivity (Wildman–Crippen MR) is 137 cm³/mol. The topological polar surface area (TPSA) is 103 Å². The molecule has 3 rings (SSSR count). The fraction of sp³-hybridized carbons (Fsp3) is 0.435. The Morgan fingerprint density at radius 2 is 1.80 bits per heavy atom. The molecular formula is C23H29Cl2N5O4S. The maximum absolute atomic E-state index is 13.3. The van der Waals surface area contributed by atoms with Crippen molar-refractivity contribution in [3.63, 3.8) is 0 Å². The minimum Gasteiger partial charge on any atom is -0.325 e. The van der Waals surface area contributed by atoms with Gasteiger partial charge in [0.25, 0.3) is 5.91 Å². The Kier molecular flexibility index (Phi) is 8.76. The van der Waals surface area contributed by atoms with Crippen molar-refractivity contribution in [3.05, 3.63) is 47.1 Å². The van der Waals surface area contributed by atoms with Crippen LogP contribution in [0.4, 0.5) is 11.5 Å². The highest BCUT2D eigenvalue weighted by Gasteiger charge is 2.29. The number of halogens is 2. The third-order valence-corrected chi connectivity index (χ3v) is 8.34. The molecule has 0 spiro atoms. The SMILES string of the molecule is CC(C)N1CCC(C(=O)Nc2ccc(S(=O)(=O)N(C)C)cc2C(=O)N(Cl)c2ccc(Cl)cn2)CC1. The van der Waals surface area contributed by atoms with Gasteiger partial charge in [-0.3, -0.25) is 9.59 Å². The van der Waals surface area contributed by atoms with Crippen LogP contribution in [0.15, 0.2) is 41.4 Å². The first-order chi connectivity index (χ1) is 16.4. The largest absolute Gasteiger partial charge is 0.325 e. The quantitative estimate of drug-likeness (QED) is 0.534. The van der Waals surface area contributed by atoms with E-state index in [4.69, 9.17) is 23.4 Å². The Morgan fingerprint density at radius 3 is 2.34 bits per heavy atom. The number of anilines is 2. The molecule has 12 heteroatoms. The van der Waals surface area contributed by atoms with E-state index in [1.165, 1.54) is 50.6 Å². The number of amides is 2. The number of hydrogen-bond acceptors (Lipinski definition) is 6. The van der Waals surface area contributed by atoms with E-state index in [0.29, 0.717) is 23.9 Å². The van der Waals surface area contributed by atoms with E-state index in [1.807, 2.05) is 0 Å². The number of carbonyl (C=O) groups excluding carboxylic acids is 2. The highest BCUT2D eigenvalue weighted by Crippen LogP contribution is 2.28. The molecule has 2 aromatic rings. The van der Waals surface area contributed by atoms with Crippen LogP contribution in [0.25, 0.3) is 0 Å². The number of likely N-dealkylation sites (tertiary alicyclic amines) is 1. The van der Waals surface area contributed by atoms with Crippen LogP contribution in [-0.2, 0) is 14.8 Å². The summed E-state index contributed by atoms with van der Waals surface area (Å²) in [5, 5.41) is 3.18. The maximum Gasteiger partial charge on any atom is 0.276 e. The van der Waals surface area contributed by atoms with Gasteiger partial charge in [0.2, 0.25) is 15.9 Å². The van der Waals surface area contributed by atoms with Gasteiger partial charge in [-0.1, -0.05) is 11.6 Å². The summed E-state index contributed by atoms with van der Waals surface area (Å²) in [6.07, 6.45) is 2.71. The Balaban J connectivity index is 1.92. The Labute approximate surface area is 216 Å². The van der Waals surface area contributed by atoms with Crippen LogP contribution in [0.2, 0.25) is 5.02 Å². The van der Waals surface area contributed by atoms with E-state index in [-0.39, 0.29) is 33.8 Å². The van der Waals surface area contributed by atoms with Crippen LogP contribution < -0.4 is 9.74 Å². The lowest BCUT2D eigenvalue weighted by molar-refractivity contribution is -0.121. The van der Waals surface area contributed by atoms with Crippen LogP contribution in [0.1, 0.15) is 37.0 Å². The fourth-order valence-corrected chi connectivity index (χ4v) is 5.02. The summed E-state index contributed by atoms with van der Waals surface area (Å²) in [5.41, 5.74) is 0.0938. The first-order valence-electron chi connectivity index (χ1n) is 11.1. The van der Waals surface area contributed by atoms with Gasteiger partial charge in [-0.2, -0.15) is 4.42 Å². The molecule has 1 aliphatic rings. The summed E-state index contributed by atoms with van der Waals surface area (Å²) >= 11 is 12.1. The van der Waals surface area contributed by atoms with Crippen LogP contribution in [0.3, 0.4) is 0 Å². The summed E-state index contributed by atoms with van der Waals surface area (Å²) < 4.78 is 27.2. The molecule has 0 unspecified atom stereocenters. The van der Waals surface area contributed by atoms with E-state index < -0.39 is 15.9 Å². The monoisotopic (exact) mass is 541 g/mol. The van der Waals surface area contributed by atoms with Gasteiger partial charge in [0.1, 0.15) is 0 Å². The van der Waals surface area contributed by atoms with Crippen molar-refractivity contribution in [2.75, 3.05) is 36.9 Å². The summed E-state index contributed by atoms with van der Waals surface area (Å²) in [5.74, 6) is -1.10. The zero-order chi connectivity index (χ0) is 25.9. The molecule has 1 aromatic carbocycles. The molecule has 2 amide bonds. The Hall–Kier alpha value is -2.24. The summed E-state index contributed by atoms with van der Waals surface area (Å²) in [4.78, 5) is 32.6. The van der Waals surface area contributed by atoms with Crippen LogP contribution in [0, 0.1) is 5.92 Å². The van der Waals surface area contributed by atoms with Crippen LogP contribution in [-0.4, -0.2) is 67.6 Å². The number of sulfonamides is 1. The first kappa shape index (κ1) is 27.3. The number of nitrogens with zero attached hydrogens (tertiary/aromatic N) is 4. The highest BCUT2D eigenvalue weighted by molar-refractivity contribution is 7.89. The normalized spacial score (nSPS) is 15.4. The Morgan fingerprint density at radius 1 is 1.14 bits per heavy atom. The van der Waals surface area contributed by atoms with Gasteiger partial charge in [-0.05, 0) is 70.1 Å². The molecule has 0 atom stereocenters. The molecule has 1 fully saturated rings. The molecule has 9 nitrogen and oxygen atoms in total. The molecule has 0 radical (unpaired) electrons. The second-order valence-electron chi connectivity index (χ2n) is 8.81. The minimum atomic E-state index is -3.84. The summed E-state index contributed by atoms with van der Waals surface area (Å²) in [6, 6.07) is 7.35. The molecule has 1 saturated heterocycles. The molecule has 1 N–H and O–H groups in total. The summed E-state index contributed by atoms with van der Waals surface area (Å²) in [6.45, 7) is 5.85. The number of piperidine rings is 1. The third kappa shape index (κ3) is 6.31.